The van der Waals surface area contributed by atoms with E-state index in [4.69, 9.17) is 4.42 Å². The molecule has 0 spiro atoms. The Morgan fingerprint density at radius 1 is 1.38 bits per heavy atom. The zero-order valence-corrected chi connectivity index (χ0v) is 10.5. The summed E-state index contributed by atoms with van der Waals surface area (Å²) in [7, 11) is 0. The summed E-state index contributed by atoms with van der Waals surface area (Å²) in [6.07, 6.45) is 6.88. The lowest BCUT2D eigenvalue weighted by molar-refractivity contribution is 0.341. The Balaban J connectivity index is 1.98. The van der Waals surface area contributed by atoms with Crippen LogP contribution in [0.15, 0.2) is 16.5 Å². The molecule has 1 fully saturated rings. The number of hydrogen-bond acceptors (Lipinski definition) is 2. The Kier molecular flexibility index (Phi) is 4.05. The molecule has 0 bridgehead atoms. The van der Waals surface area contributed by atoms with Gasteiger partial charge in [0.1, 0.15) is 11.5 Å². The lowest BCUT2D eigenvalue weighted by Gasteiger charge is -2.19. The molecule has 1 N–H and O–H groups in total. The number of nitrogens with one attached hydrogen (secondary N) is 1. The van der Waals surface area contributed by atoms with Gasteiger partial charge >= 0.3 is 0 Å². The van der Waals surface area contributed by atoms with E-state index < -0.39 is 0 Å². The van der Waals surface area contributed by atoms with Crippen LogP contribution < -0.4 is 5.32 Å². The highest BCUT2D eigenvalue weighted by Gasteiger charge is 2.22. The third kappa shape index (κ3) is 2.88. The van der Waals surface area contributed by atoms with E-state index in [1.165, 1.54) is 32.1 Å². The van der Waals surface area contributed by atoms with Gasteiger partial charge in [0.05, 0.1) is 6.04 Å². The standard InChI is InChI=1S/C14H23NO/c1-3-15-13(10-12-6-4-5-7-12)14-9-8-11(2)16-14/h8-9,12-13,15H,3-7,10H2,1-2H3. The van der Waals surface area contributed by atoms with Crippen LogP contribution in [0, 0.1) is 12.8 Å². The minimum absolute atomic E-state index is 0.418. The first kappa shape index (κ1) is 11.7. The Labute approximate surface area is 98.4 Å². The van der Waals surface area contributed by atoms with E-state index in [1.54, 1.807) is 0 Å². The topological polar surface area (TPSA) is 25.2 Å². The molecule has 1 aliphatic carbocycles. The Morgan fingerprint density at radius 2 is 2.12 bits per heavy atom. The van der Waals surface area contributed by atoms with Gasteiger partial charge in [0.25, 0.3) is 0 Å². The van der Waals surface area contributed by atoms with E-state index in [-0.39, 0.29) is 0 Å². The summed E-state index contributed by atoms with van der Waals surface area (Å²) in [6, 6.07) is 4.60. The summed E-state index contributed by atoms with van der Waals surface area (Å²) in [4.78, 5) is 0. The van der Waals surface area contributed by atoms with Crippen molar-refractivity contribution in [3.63, 3.8) is 0 Å². The van der Waals surface area contributed by atoms with Crippen LogP contribution in [0.5, 0.6) is 0 Å². The maximum absolute atomic E-state index is 5.75. The Hall–Kier alpha value is -0.760. The molecule has 0 radical (unpaired) electrons. The van der Waals surface area contributed by atoms with Gasteiger partial charge in [-0.2, -0.15) is 0 Å². The van der Waals surface area contributed by atoms with Gasteiger partial charge in [-0.15, -0.1) is 0 Å². The minimum atomic E-state index is 0.418. The smallest absolute Gasteiger partial charge is 0.121 e. The molecule has 2 heteroatoms. The highest BCUT2D eigenvalue weighted by molar-refractivity contribution is 5.10. The first-order valence-corrected chi connectivity index (χ1v) is 6.59. The second kappa shape index (κ2) is 5.53. The first-order valence-electron chi connectivity index (χ1n) is 6.59. The maximum atomic E-state index is 5.75. The molecule has 1 aliphatic rings. The first-order chi connectivity index (χ1) is 7.79. The Morgan fingerprint density at radius 3 is 2.69 bits per heavy atom. The number of aryl methyl sites for hydroxylation is 1. The zero-order valence-electron chi connectivity index (χ0n) is 10.5. The molecule has 0 amide bonds. The van der Waals surface area contributed by atoms with Crippen LogP contribution in [0.2, 0.25) is 0 Å². The van der Waals surface area contributed by atoms with Gasteiger partial charge in [-0.3, -0.25) is 0 Å². The molecule has 16 heavy (non-hydrogen) atoms. The van der Waals surface area contributed by atoms with E-state index >= 15 is 0 Å². The third-order valence-corrected chi connectivity index (χ3v) is 3.60. The lowest BCUT2D eigenvalue weighted by Crippen LogP contribution is -2.22. The lowest BCUT2D eigenvalue weighted by atomic mass is 9.97. The average molecular weight is 221 g/mol. The molecule has 2 nitrogen and oxygen atoms in total. The number of rotatable bonds is 5. The quantitative estimate of drug-likeness (QED) is 0.817. The summed E-state index contributed by atoms with van der Waals surface area (Å²) < 4.78 is 5.75. The van der Waals surface area contributed by atoms with Gasteiger partial charge in [0, 0.05) is 0 Å². The summed E-state index contributed by atoms with van der Waals surface area (Å²) in [5.41, 5.74) is 0. The molecule has 0 aromatic carbocycles. The second-order valence-electron chi connectivity index (χ2n) is 4.94. The van der Waals surface area contributed by atoms with Gasteiger partial charge in [-0.05, 0) is 37.9 Å². The van der Waals surface area contributed by atoms with Crippen LogP contribution in [0.25, 0.3) is 0 Å². The Bertz CT molecular complexity index is 312. The van der Waals surface area contributed by atoms with E-state index in [0.717, 1.165) is 24.0 Å². The number of hydrogen-bond donors (Lipinski definition) is 1. The van der Waals surface area contributed by atoms with Crippen molar-refractivity contribution in [2.45, 2.75) is 52.0 Å². The minimum Gasteiger partial charge on any atom is -0.465 e. The van der Waals surface area contributed by atoms with Crippen molar-refractivity contribution in [1.82, 2.24) is 5.32 Å². The zero-order chi connectivity index (χ0) is 11.4. The molecule has 1 aromatic rings. The van der Waals surface area contributed by atoms with Crippen molar-refractivity contribution in [3.05, 3.63) is 23.7 Å². The normalized spacial score (nSPS) is 19.1. The molecule has 1 aromatic heterocycles. The molecular formula is C14H23NO. The van der Waals surface area contributed by atoms with Gasteiger partial charge in [0.15, 0.2) is 0 Å². The maximum Gasteiger partial charge on any atom is 0.121 e. The van der Waals surface area contributed by atoms with Crippen LogP contribution >= 0.6 is 0 Å². The molecule has 90 valence electrons. The summed E-state index contributed by atoms with van der Waals surface area (Å²) in [6.45, 7) is 5.19. The van der Waals surface area contributed by atoms with Crippen LogP contribution in [0.4, 0.5) is 0 Å². The third-order valence-electron chi connectivity index (χ3n) is 3.60. The predicted molar refractivity (Wildman–Crippen MR) is 66.4 cm³/mol. The molecular weight excluding hydrogens is 198 g/mol. The molecule has 1 atom stereocenters. The molecule has 2 rings (SSSR count). The summed E-state index contributed by atoms with van der Waals surface area (Å²) in [5.74, 6) is 3.03. The van der Waals surface area contributed by atoms with Crippen LogP contribution in [0.1, 0.15) is 56.6 Å². The van der Waals surface area contributed by atoms with Gasteiger partial charge < -0.3 is 9.73 Å². The fraction of sp³-hybridized carbons (Fsp3) is 0.714. The van der Waals surface area contributed by atoms with E-state index in [0.29, 0.717) is 6.04 Å². The van der Waals surface area contributed by atoms with Gasteiger partial charge in [0.2, 0.25) is 0 Å². The molecule has 0 saturated heterocycles. The SMILES string of the molecule is CCNC(CC1CCCC1)c1ccc(C)o1. The summed E-state index contributed by atoms with van der Waals surface area (Å²) >= 11 is 0. The highest BCUT2D eigenvalue weighted by atomic mass is 16.3. The fourth-order valence-electron chi connectivity index (χ4n) is 2.77. The fourth-order valence-corrected chi connectivity index (χ4v) is 2.77. The van der Waals surface area contributed by atoms with E-state index in [1.807, 2.05) is 6.92 Å². The van der Waals surface area contributed by atoms with Crippen LogP contribution in [0.3, 0.4) is 0 Å². The van der Waals surface area contributed by atoms with Gasteiger partial charge in [-0.25, -0.2) is 0 Å². The van der Waals surface area contributed by atoms with E-state index in [9.17, 15) is 0 Å². The van der Waals surface area contributed by atoms with Crippen molar-refractivity contribution in [1.29, 1.82) is 0 Å². The monoisotopic (exact) mass is 221 g/mol. The van der Waals surface area contributed by atoms with Crippen molar-refractivity contribution >= 4 is 0 Å². The summed E-state index contributed by atoms with van der Waals surface area (Å²) in [5, 5.41) is 3.55. The van der Waals surface area contributed by atoms with Crippen LogP contribution in [-0.4, -0.2) is 6.54 Å². The van der Waals surface area contributed by atoms with E-state index in [2.05, 4.69) is 24.4 Å². The van der Waals surface area contributed by atoms with Crippen molar-refractivity contribution < 1.29 is 4.42 Å². The molecule has 1 saturated carbocycles. The predicted octanol–water partition coefficient (Wildman–Crippen LogP) is 3.82. The van der Waals surface area contributed by atoms with Crippen molar-refractivity contribution in [3.8, 4) is 0 Å². The van der Waals surface area contributed by atoms with Crippen molar-refractivity contribution in [2.75, 3.05) is 6.54 Å². The molecule has 0 aliphatic heterocycles. The van der Waals surface area contributed by atoms with Crippen LogP contribution in [-0.2, 0) is 0 Å². The largest absolute Gasteiger partial charge is 0.465 e. The second-order valence-corrected chi connectivity index (χ2v) is 4.94. The van der Waals surface area contributed by atoms with Crippen molar-refractivity contribution in [2.24, 2.45) is 5.92 Å². The molecule has 1 unspecified atom stereocenters. The van der Waals surface area contributed by atoms with Gasteiger partial charge in [-0.1, -0.05) is 32.6 Å². The number of furan rings is 1. The average Bonchev–Trinajstić information content (AvgIpc) is 2.88. The molecule has 1 heterocycles. The highest BCUT2D eigenvalue weighted by Crippen LogP contribution is 2.33.